The van der Waals surface area contributed by atoms with Gasteiger partial charge >= 0.3 is 0 Å². The Labute approximate surface area is 145 Å². The molecule has 0 aromatic carbocycles. The van der Waals surface area contributed by atoms with Gasteiger partial charge in [-0.25, -0.2) is 0 Å². The number of piperidine rings is 1. The largest absolute Gasteiger partial charge is 0.469 e. The van der Waals surface area contributed by atoms with Gasteiger partial charge in [-0.1, -0.05) is 0 Å². The topological polar surface area (TPSA) is 74.5 Å². The molecule has 24 heavy (non-hydrogen) atoms. The second-order valence-corrected chi connectivity index (χ2v) is 8.51. The minimum absolute atomic E-state index is 0.0130. The van der Waals surface area contributed by atoms with E-state index in [-0.39, 0.29) is 29.5 Å². The van der Waals surface area contributed by atoms with Crippen molar-refractivity contribution in [3.05, 3.63) is 24.2 Å². The van der Waals surface area contributed by atoms with Crippen molar-refractivity contribution >= 4 is 5.91 Å². The van der Waals surface area contributed by atoms with Crippen LogP contribution in [0.15, 0.2) is 22.8 Å². The molecule has 2 rings (SSSR count). The highest BCUT2D eigenvalue weighted by Gasteiger charge is 2.38. The number of carbonyl (C=O) groups excluding carboxylic acids is 1. The number of hydrogen-bond donors (Lipinski definition) is 3. The van der Waals surface area contributed by atoms with Crippen LogP contribution in [0.2, 0.25) is 0 Å². The van der Waals surface area contributed by atoms with Crippen molar-refractivity contribution in [2.45, 2.75) is 64.5 Å². The molecule has 3 N–H and O–H groups in total. The molecule has 136 valence electrons. The summed E-state index contributed by atoms with van der Waals surface area (Å²) < 4.78 is 5.31. The van der Waals surface area contributed by atoms with E-state index in [4.69, 9.17) is 4.42 Å². The third kappa shape index (κ3) is 5.95. The van der Waals surface area contributed by atoms with Crippen LogP contribution in [0.3, 0.4) is 0 Å². The number of rotatable bonds is 7. The number of aliphatic hydroxyl groups excluding tert-OH is 1. The molecule has 2 heterocycles. The van der Waals surface area contributed by atoms with Gasteiger partial charge in [-0.15, -0.1) is 0 Å². The lowest BCUT2D eigenvalue weighted by Crippen LogP contribution is -2.58. The lowest BCUT2D eigenvalue weighted by atomic mass is 9.74. The molecule has 0 bridgehead atoms. The van der Waals surface area contributed by atoms with Crippen molar-refractivity contribution in [2.24, 2.45) is 11.8 Å². The fourth-order valence-corrected chi connectivity index (χ4v) is 4.19. The standard InChI is InChI=1S/C19H32N2O3/c1-18(2)10-14(11-19(3,4)21-18)9-17(23)20-12-15(13-22)8-16-6-5-7-24-16/h5-7,14-15,21-22H,8-13H2,1-4H3,(H,20,23)/t15-/m0/s1. The van der Waals surface area contributed by atoms with Crippen LogP contribution >= 0.6 is 0 Å². The first-order chi connectivity index (χ1) is 11.2. The minimum Gasteiger partial charge on any atom is -0.469 e. The summed E-state index contributed by atoms with van der Waals surface area (Å²) in [5.41, 5.74) is 0.110. The maximum absolute atomic E-state index is 12.3. The molecule has 1 aliphatic rings. The Morgan fingerprint density at radius 3 is 2.58 bits per heavy atom. The quantitative estimate of drug-likeness (QED) is 0.715. The van der Waals surface area contributed by atoms with Crippen LogP contribution in [0, 0.1) is 11.8 Å². The molecular formula is C19H32N2O3. The third-order valence-corrected chi connectivity index (χ3v) is 4.66. The Balaban J connectivity index is 1.79. The molecule has 0 spiro atoms. The van der Waals surface area contributed by atoms with E-state index in [2.05, 4.69) is 38.3 Å². The van der Waals surface area contributed by atoms with Crippen LogP contribution < -0.4 is 10.6 Å². The lowest BCUT2D eigenvalue weighted by Gasteiger charge is -2.46. The monoisotopic (exact) mass is 336 g/mol. The summed E-state index contributed by atoms with van der Waals surface area (Å²) >= 11 is 0. The molecule has 1 amide bonds. The van der Waals surface area contributed by atoms with E-state index in [0.717, 1.165) is 18.6 Å². The van der Waals surface area contributed by atoms with Crippen LogP contribution in [0.1, 0.15) is 52.7 Å². The van der Waals surface area contributed by atoms with Gasteiger partial charge in [0.25, 0.3) is 0 Å². The van der Waals surface area contributed by atoms with Crippen molar-refractivity contribution in [3.8, 4) is 0 Å². The van der Waals surface area contributed by atoms with Gasteiger partial charge in [-0.05, 0) is 58.6 Å². The van der Waals surface area contributed by atoms with Crippen molar-refractivity contribution in [2.75, 3.05) is 13.2 Å². The zero-order valence-electron chi connectivity index (χ0n) is 15.4. The molecule has 0 aliphatic carbocycles. The van der Waals surface area contributed by atoms with E-state index in [1.807, 2.05) is 12.1 Å². The lowest BCUT2D eigenvalue weighted by molar-refractivity contribution is -0.122. The highest BCUT2D eigenvalue weighted by atomic mass is 16.3. The number of amides is 1. The van der Waals surface area contributed by atoms with Gasteiger partial charge < -0.3 is 20.2 Å². The molecule has 5 heteroatoms. The number of carbonyl (C=O) groups is 1. The van der Waals surface area contributed by atoms with E-state index in [9.17, 15) is 9.90 Å². The van der Waals surface area contributed by atoms with Gasteiger partial charge in [0.2, 0.25) is 5.91 Å². The first kappa shape index (κ1) is 19.0. The molecule has 1 aromatic rings. The van der Waals surface area contributed by atoms with Gasteiger partial charge in [0.05, 0.1) is 6.26 Å². The first-order valence-corrected chi connectivity index (χ1v) is 8.88. The Kier molecular flexibility index (Phi) is 6.10. The maximum Gasteiger partial charge on any atom is 0.220 e. The van der Waals surface area contributed by atoms with E-state index >= 15 is 0 Å². The SMILES string of the molecule is CC1(C)CC(CC(=O)NC[C@@H](CO)Cc2ccco2)CC(C)(C)N1. The molecule has 5 nitrogen and oxygen atoms in total. The second kappa shape index (κ2) is 7.70. The number of nitrogens with one attached hydrogen (secondary N) is 2. The van der Waals surface area contributed by atoms with Crippen LogP contribution in [0.25, 0.3) is 0 Å². The smallest absolute Gasteiger partial charge is 0.220 e. The fraction of sp³-hybridized carbons (Fsp3) is 0.737. The molecular weight excluding hydrogens is 304 g/mol. The molecule has 1 aromatic heterocycles. The molecule has 0 saturated carbocycles. The van der Waals surface area contributed by atoms with Crippen molar-refractivity contribution in [1.82, 2.24) is 10.6 Å². The van der Waals surface area contributed by atoms with Crippen LogP contribution in [-0.4, -0.2) is 35.2 Å². The number of hydrogen-bond acceptors (Lipinski definition) is 4. The summed E-state index contributed by atoms with van der Waals surface area (Å²) in [5.74, 6) is 1.28. The molecule has 1 atom stereocenters. The Bertz CT molecular complexity index is 507. The van der Waals surface area contributed by atoms with E-state index < -0.39 is 0 Å². The highest BCUT2D eigenvalue weighted by molar-refractivity contribution is 5.76. The molecule has 1 saturated heterocycles. The number of furan rings is 1. The normalized spacial score (nSPS) is 21.4. The van der Waals surface area contributed by atoms with Gasteiger partial charge in [-0.3, -0.25) is 4.79 Å². The summed E-state index contributed by atoms with van der Waals surface area (Å²) in [4.78, 5) is 12.3. The first-order valence-electron chi connectivity index (χ1n) is 8.88. The number of aliphatic hydroxyl groups is 1. The van der Waals surface area contributed by atoms with Gasteiger partial charge in [0, 0.05) is 43.0 Å². The summed E-state index contributed by atoms with van der Waals surface area (Å²) in [6.07, 6.45) is 4.81. The molecule has 0 unspecified atom stereocenters. The predicted octanol–water partition coefficient (Wildman–Crippen LogP) is 2.49. The zero-order chi connectivity index (χ0) is 17.8. The highest BCUT2D eigenvalue weighted by Crippen LogP contribution is 2.34. The van der Waals surface area contributed by atoms with Crippen LogP contribution in [0.5, 0.6) is 0 Å². The van der Waals surface area contributed by atoms with Gasteiger partial charge in [-0.2, -0.15) is 0 Å². The van der Waals surface area contributed by atoms with E-state index in [1.54, 1.807) is 6.26 Å². The summed E-state index contributed by atoms with van der Waals surface area (Å²) in [5, 5.41) is 16.1. The van der Waals surface area contributed by atoms with Crippen LogP contribution in [-0.2, 0) is 11.2 Å². The molecule has 1 aliphatic heterocycles. The van der Waals surface area contributed by atoms with E-state index in [1.165, 1.54) is 0 Å². The predicted molar refractivity (Wildman–Crippen MR) is 94.6 cm³/mol. The average Bonchev–Trinajstić information content (AvgIpc) is 2.92. The molecule has 1 fully saturated rings. The van der Waals surface area contributed by atoms with Crippen molar-refractivity contribution in [3.63, 3.8) is 0 Å². The van der Waals surface area contributed by atoms with Crippen molar-refractivity contribution < 1.29 is 14.3 Å². The second-order valence-electron chi connectivity index (χ2n) is 8.51. The summed E-state index contributed by atoms with van der Waals surface area (Å²) in [7, 11) is 0. The van der Waals surface area contributed by atoms with Crippen LogP contribution in [0.4, 0.5) is 0 Å². The maximum atomic E-state index is 12.3. The summed E-state index contributed by atoms with van der Waals surface area (Å²) in [6, 6.07) is 3.73. The Morgan fingerprint density at radius 2 is 2.04 bits per heavy atom. The Hall–Kier alpha value is -1.33. The third-order valence-electron chi connectivity index (χ3n) is 4.66. The fourth-order valence-electron chi connectivity index (χ4n) is 4.19. The van der Waals surface area contributed by atoms with Gasteiger partial charge in [0.15, 0.2) is 0 Å². The van der Waals surface area contributed by atoms with E-state index in [0.29, 0.717) is 25.3 Å². The molecule has 0 radical (unpaired) electrons. The van der Waals surface area contributed by atoms with Gasteiger partial charge in [0.1, 0.15) is 5.76 Å². The Morgan fingerprint density at radius 1 is 1.38 bits per heavy atom. The zero-order valence-corrected chi connectivity index (χ0v) is 15.4. The van der Waals surface area contributed by atoms with Crippen molar-refractivity contribution in [1.29, 1.82) is 0 Å². The summed E-state index contributed by atoms with van der Waals surface area (Å²) in [6.45, 7) is 9.31. The average molecular weight is 336 g/mol. The minimum atomic E-state index is -0.0130.